The maximum Gasteiger partial charge on any atom is 0.336 e. The number of carbonyl (C=O) groups is 2. The van der Waals surface area contributed by atoms with Gasteiger partial charge in [-0.1, -0.05) is 12.1 Å². The first-order valence-corrected chi connectivity index (χ1v) is 8.22. The van der Waals surface area contributed by atoms with Crippen molar-refractivity contribution in [3.63, 3.8) is 0 Å². The van der Waals surface area contributed by atoms with Gasteiger partial charge >= 0.3 is 5.97 Å². The number of ether oxygens (including phenoxy) is 1. The van der Waals surface area contributed by atoms with E-state index < -0.39 is 17.7 Å². The van der Waals surface area contributed by atoms with Crippen molar-refractivity contribution in [2.24, 2.45) is 5.10 Å². The van der Waals surface area contributed by atoms with Gasteiger partial charge in [-0.2, -0.15) is 5.10 Å². The van der Waals surface area contributed by atoms with Crippen LogP contribution >= 0.6 is 0 Å². The minimum atomic E-state index is -0.560. The lowest BCUT2D eigenvalue weighted by molar-refractivity contribution is -0.128. The van der Waals surface area contributed by atoms with Gasteiger partial charge in [-0.3, -0.25) is 4.79 Å². The van der Waals surface area contributed by atoms with Gasteiger partial charge in [0.25, 0.3) is 5.91 Å². The van der Waals surface area contributed by atoms with Crippen LogP contribution in [0.3, 0.4) is 0 Å². The van der Waals surface area contributed by atoms with E-state index in [1.165, 1.54) is 48.9 Å². The van der Waals surface area contributed by atoms with Crippen LogP contribution in [0.4, 0.5) is 4.39 Å². The quantitative estimate of drug-likeness (QED) is 0.233. The summed E-state index contributed by atoms with van der Waals surface area (Å²) in [6.07, 6.45) is 5.65. The van der Waals surface area contributed by atoms with Crippen LogP contribution < -0.4 is 10.2 Å². The van der Waals surface area contributed by atoms with Crippen molar-refractivity contribution in [3.05, 3.63) is 95.7 Å². The van der Waals surface area contributed by atoms with Crippen LogP contribution in [0.5, 0.6) is 5.75 Å². The van der Waals surface area contributed by atoms with E-state index in [9.17, 15) is 14.0 Å². The van der Waals surface area contributed by atoms with Crippen LogP contribution in [0.25, 0.3) is 6.08 Å². The molecule has 0 saturated heterocycles. The molecule has 28 heavy (non-hydrogen) atoms. The number of hydrazone groups is 1. The molecule has 0 atom stereocenters. The Morgan fingerprint density at radius 1 is 1.07 bits per heavy atom. The van der Waals surface area contributed by atoms with Crippen molar-refractivity contribution < 1.29 is 23.1 Å². The van der Waals surface area contributed by atoms with Gasteiger partial charge < -0.3 is 9.15 Å². The highest BCUT2D eigenvalue weighted by atomic mass is 19.1. The summed E-state index contributed by atoms with van der Waals surface area (Å²) in [5.74, 6) is -0.597. The highest BCUT2D eigenvalue weighted by Crippen LogP contribution is 2.13. The summed E-state index contributed by atoms with van der Waals surface area (Å²) in [5, 5.41) is 3.85. The number of carbonyl (C=O) groups excluding carboxylic acids is 2. The fourth-order valence-electron chi connectivity index (χ4n) is 2.18. The molecule has 7 heteroatoms. The van der Waals surface area contributed by atoms with Crippen molar-refractivity contribution in [1.82, 2.24) is 5.43 Å². The average molecular weight is 378 g/mol. The number of hydrogen-bond donors (Lipinski definition) is 1. The fourth-order valence-corrected chi connectivity index (χ4v) is 2.18. The van der Waals surface area contributed by atoms with Gasteiger partial charge in [0, 0.05) is 11.6 Å². The van der Waals surface area contributed by atoms with Crippen LogP contribution in [0.2, 0.25) is 0 Å². The minimum Gasteiger partial charge on any atom is -0.465 e. The zero-order valence-electron chi connectivity index (χ0n) is 14.5. The first-order valence-electron chi connectivity index (χ1n) is 8.22. The summed E-state index contributed by atoms with van der Waals surface area (Å²) in [6, 6.07) is 15.1. The second kappa shape index (κ2) is 9.09. The predicted octanol–water partition coefficient (Wildman–Crippen LogP) is 3.80. The van der Waals surface area contributed by atoms with Crippen molar-refractivity contribution >= 4 is 24.2 Å². The molecule has 140 valence electrons. The standard InChI is InChI=1S/C21H15FN2O4/c22-17-8-6-16(7-9-17)21(26)24-23-14-15-3-1-4-19(13-15)28-20(25)11-10-18-5-2-12-27-18/h1-14H,(H,24,26). The Labute approximate surface area is 159 Å². The molecule has 0 fully saturated rings. The normalized spacial score (nSPS) is 11.0. The average Bonchev–Trinajstić information content (AvgIpc) is 3.21. The molecular formula is C21H15FN2O4. The lowest BCUT2D eigenvalue weighted by Gasteiger charge is -2.02. The van der Waals surface area contributed by atoms with Crippen LogP contribution in [0.15, 0.2) is 82.5 Å². The maximum atomic E-state index is 12.9. The second-order valence-corrected chi connectivity index (χ2v) is 5.55. The lowest BCUT2D eigenvalue weighted by atomic mass is 10.2. The Morgan fingerprint density at radius 3 is 2.64 bits per heavy atom. The SMILES string of the molecule is O=C(C=Cc1ccco1)Oc1cccc(C=NNC(=O)c2ccc(F)cc2)c1. The molecule has 0 aliphatic carbocycles. The topological polar surface area (TPSA) is 80.9 Å². The van der Waals surface area contributed by atoms with E-state index >= 15 is 0 Å². The summed E-state index contributed by atoms with van der Waals surface area (Å²) < 4.78 is 23.2. The lowest BCUT2D eigenvalue weighted by Crippen LogP contribution is -2.17. The zero-order chi connectivity index (χ0) is 19.8. The summed E-state index contributed by atoms with van der Waals surface area (Å²) in [6.45, 7) is 0. The first kappa shape index (κ1) is 18.8. The number of esters is 1. The van der Waals surface area contributed by atoms with Crippen LogP contribution in [-0.2, 0) is 4.79 Å². The van der Waals surface area contributed by atoms with Gasteiger partial charge in [0.05, 0.1) is 12.5 Å². The largest absolute Gasteiger partial charge is 0.465 e. The van der Waals surface area contributed by atoms with Gasteiger partial charge in [0.15, 0.2) is 0 Å². The van der Waals surface area contributed by atoms with E-state index in [1.807, 2.05) is 0 Å². The molecule has 2 aromatic carbocycles. The number of halogens is 1. The molecular weight excluding hydrogens is 363 g/mol. The van der Waals surface area contributed by atoms with E-state index in [0.717, 1.165) is 0 Å². The predicted molar refractivity (Wildman–Crippen MR) is 101 cm³/mol. The molecule has 0 spiro atoms. The van der Waals surface area contributed by atoms with Gasteiger partial charge in [0.2, 0.25) is 0 Å². The van der Waals surface area contributed by atoms with Gasteiger partial charge in [-0.25, -0.2) is 14.6 Å². The molecule has 0 bridgehead atoms. The summed E-state index contributed by atoms with van der Waals surface area (Å²) in [4.78, 5) is 23.7. The highest BCUT2D eigenvalue weighted by Gasteiger charge is 2.04. The van der Waals surface area contributed by atoms with Crippen molar-refractivity contribution in [3.8, 4) is 5.75 Å². The van der Waals surface area contributed by atoms with Gasteiger partial charge in [-0.05, 0) is 60.2 Å². The van der Waals surface area contributed by atoms with Crippen LogP contribution in [0, 0.1) is 5.82 Å². The number of amides is 1. The van der Waals surface area contributed by atoms with Gasteiger partial charge in [-0.15, -0.1) is 0 Å². The van der Waals surface area contributed by atoms with Crippen molar-refractivity contribution in [2.75, 3.05) is 0 Å². The maximum absolute atomic E-state index is 12.9. The highest BCUT2D eigenvalue weighted by molar-refractivity contribution is 5.95. The Morgan fingerprint density at radius 2 is 1.89 bits per heavy atom. The van der Waals surface area contributed by atoms with E-state index in [-0.39, 0.29) is 5.56 Å². The fraction of sp³-hybridized carbons (Fsp3) is 0. The van der Waals surface area contributed by atoms with E-state index in [0.29, 0.717) is 17.1 Å². The van der Waals surface area contributed by atoms with Crippen molar-refractivity contribution in [2.45, 2.75) is 0 Å². The molecule has 3 aromatic rings. The molecule has 0 aliphatic heterocycles. The number of furan rings is 1. The Balaban J connectivity index is 1.56. The number of nitrogens with zero attached hydrogens (tertiary/aromatic N) is 1. The molecule has 1 N–H and O–H groups in total. The van der Waals surface area contributed by atoms with Gasteiger partial charge in [0.1, 0.15) is 17.3 Å². The zero-order valence-corrected chi connectivity index (χ0v) is 14.5. The van der Waals surface area contributed by atoms with Crippen molar-refractivity contribution in [1.29, 1.82) is 0 Å². The first-order chi connectivity index (χ1) is 13.6. The van der Waals surface area contributed by atoms with Crippen LogP contribution in [0.1, 0.15) is 21.7 Å². The molecule has 6 nitrogen and oxygen atoms in total. The number of rotatable bonds is 6. The molecule has 0 unspecified atom stereocenters. The Hall–Kier alpha value is -4.00. The third-order valence-corrected chi connectivity index (χ3v) is 3.49. The van der Waals surface area contributed by atoms with E-state index in [1.54, 1.807) is 36.4 Å². The molecule has 0 radical (unpaired) electrons. The molecule has 0 saturated carbocycles. The summed E-state index contributed by atoms with van der Waals surface area (Å²) in [5.41, 5.74) is 3.23. The number of hydrogen-bond acceptors (Lipinski definition) is 5. The molecule has 1 amide bonds. The second-order valence-electron chi connectivity index (χ2n) is 5.55. The molecule has 1 aromatic heterocycles. The number of nitrogens with one attached hydrogen (secondary N) is 1. The third-order valence-electron chi connectivity index (χ3n) is 3.49. The monoisotopic (exact) mass is 378 g/mol. The van der Waals surface area contributed by atoms with Crippen LogP contribution in [-0.4, -0.2) is 18.1 Å². The smallest absolute Gasteiger partial charge is 0.336 e. The third kappa shape index (κ3) is 5.50. The minimum absolute atomic E-state index is 0.282. The number of benzene rings is 2. The van der Waals surface area contributed by atoms with E-state index in [2.05, 4.69) is 10.5 Å². The van der Waals surface area contributed by atoms with E-state index in [4.69, 9.17) is 9.15 Å². The Kier molecular flexibility index (Phi) is 6.10. The molecule has 1 heterocycles. The molecule has 3 rings (SSSR count). The Bertz CT molecular complexity index is 1010. The molecule has 0 aliphatic rings. The summed E-state index contributed by atoms with van der Waals surface area (Å²) >= 11 is 0. The summed E-state index contributed by atoms with van der Waals surface area (Å²) in [7, 11) is 0.